The van der Waals surface area contributed by atoms with Gasteiger partial charge in [0.25, 0.3) is 5.91 Å². The third kappa shape index (κ3) is 2.53. The average Bonchev–Trinajstić information content (AvgIpc) is 1.82. The van der Waals surface area contributed by atoms with Crippen LogP contribution in [0.15, 0.2) is 0 Å². The van der Waals surface area contributed by atoms with Gasteiger partial charge >= 0.3 is 0 Å². The molecular formula is C9H12BrNO. The summed E-state index contributed by atoms with van der Waals surface area (Å²) in [6.07, 6.45) is 3.78. The highest BCUT2D eigenvalue weighted by atomic mass is 79.9. The van der Waals surface area contributed by atoms with Gasteiger partial charge in [0.1, 0.15) is 0 Å². The van der Waals surface area contributed by atoms with Crippen molar-refractivity contribution < 1.29 is 4.79 Å². The van der Waals surface area contributed by atoms with Gasteiger partial charge in [-0.25, -0.2) is 0 Å². The van der Waals surface area contributed by atoms with E-state index in [0.717, 1.165) is 0 Å². The van der Waals surface area contributed by atoms with E-state index in [1.54, 1.807) is 0 Å². The zero-order valence-electron chi connectivity index (χ0n) is 7.06. The molecule has 0 aromatic heterocycles. The van der Waals surface area contributed by atoms with E-state index in [4.69, 9.17) is 0 Å². The number of carbonyl (C=O) groups is 1. The van der Waals surface area contributed by atoms with E-state index >= 15 is 0 Å². The molecule has 0 aliphatic heterocycles. The van der Waals surface area contributed by atoms with Gasteiger partial charge in [0.15, 0.2) is 0 Å². The molecular weight excluding hydrogens is 218 g/mol. The number of carbonyl (C=O) groups excluding carboxylic acids is 1. The van der Waals surface area contributed by atoms with E-state index in [-0.39, 0.29) is 11.9 Å². The van der Waals surface area contributed by atoms with Crippen LogP contribution in [0.5, 0.6) is 0 Å². The highest BCUT2D eigenvalue weighted by molar-refractivity contribution is 9.12. The first-order chi connectivity index (χ1) is 5.74. The Hall–Kier alpha value is -0.490. The summed E-state index contributed by atoms with van der Waals surface area (Å²) in [6.45, 7) is 2.04. The molecule has 1 aliphatic rings. The Kier molecular flexibility index (Phi) is 3.61. The van der Waals surface area contributed by atoms with E-state index in [1.165, 1.54) is 19.3 Å². The lowest BCUT2D eigenvalue weighted by atomic mass is 9.80. The third-order valence-electron chi connectivity index (χ3n) is 2.38. The molecule has 1 amide bonds. The molecule has 1 rings (SSSR count). The van der Waals surface area contributed by atoms with Crippen LogP contribution in [0.1, 0.15) is 26.2 Å². The summed E-state index contributed by atoms with van der Waals surface area (Å²) in [6, 6.07) is 0.277. The van der Waals surface area contributed by atoms with Crippen molar-refractivity contribution in [3.63, 3.8) is 0 Å². The minimum absolute atomic E-state index is 0.189. The van der Waals surface area contributed by atoms with Crippen LogP contribution in [0.2, 0.25) is 0 Å². The second-order valence-corrected chi connectivity index (χ2v) is 3.57. The lowest BCUT2D eigenvalue weighted by Gasteiger charge is -2.31. The van der Waals surface area contributed by atoms with Crippen molar-refractivity contribution in [2.75, 3.05) is 0 Å². The van der Waals surface area contributed by atoms with Crippen molar-refractivity contribution in [1.29, 1.82) is 0 Å². The lowest BCUT2D eigenvalue weighted by molar-refractivity contribution is -0.116. The molecule has 3 heteroatoms. The smallest absolute Gasteiger partial charge is 0.296 e. The Labute approximate surface area is 81.2 Å². The number of halogens is 1. The number of hydrogen-bond donors (Lipinski definition) is 1. The van der Waals surface area contributed by atoms with Gasteiger partial charge in [-0.05, 0) is 30.5 Å². The van der Waals surface area contributed by atoms with Gasteiger partial charge in [0, 0.05) is 27.9 Å². The first kappa shape index (κ1) is 9.60. The summed E-state index contributed by atoms with van der Waals surface area (Å²) in [7, 11) is 0. The second-order valence-electron chi connectivity index (χ2n) is 3.17. The van der Waals surface area contributed by atoms with E-state index in [1.807, 2.05) is 6.92 Å². The molecule has 0 saturated heterocycles. The Morgan fingerprint density at radius 3 is 2.75 bits per heavy atom. The van der Waals surface area contributed by atoms with Crippen molar-refractivity contribution in [3.8, 4) is 10.8 Å². The molecule has 12 heavy (non-hydrogen) atoms. The SMILES string of the molecule is CC(NC(=O)C#CBr)C1CCC1. The van der Waals surface area contributed by atoms with Crippen LogP contribution in [-0.2, 0) is 4.79 Å². The van der Waals surface area contributed by atoms with Crippen molar-refractivity contribution in [2.24, 2.45) is 5.92 Å². The summed E-state index contributed by atoms with van der Waals surface area (Å²) >= 11 is 2.89. The Morgan fingerprint density at radius 1 is 1.67 bits per heavy atom. The Balaban J connectivity index is 2.27. The highest BCUT2D eigenvalue weighted by Crippen LogP contribution is 2.29. The Bertz CT molecular complexity index is 224. The van der Waals surface area contributed by atoms with Gasteiger partial charge < -0.3 is 5.32 Å². The summed E-state index contributed by atoms with van der Waals surface area (Å²) in [5, 5.41) is 2.84. The Morgan fingerprint density at radius 2 is 2.33 bits per heavy atom. The van der Waals surface area contributed by atoms with Crippen molar-refractivity contribution in [2.45, 2.75) is 32.2 Å². The molecule has 0 bridgehead atoms. The molecule has 1 fully saturated rings. The molecule has 2 nitrogen and oxygen atoms in total. The minimum atomic E-state index is -0.189. The molecule has 0 spiro atoms. The maximum Gasteiger partial charge on any atom is 0.296 e. The van der Waals surface area contributed by atoms with Crippen LogP contribution in [0.25, 0.3) is 0 Å². The third-order valence-corrected chi connectivity index (χ3v) is 2.57. The zero-order valence-corrected chi connectivity index (χ0v) is 8.65. The molecule has 0 aromatic rings. The quantitative estimate of drug-likeness (QED) is 0.718. The number of hydrogen-bond acceptors (Lipinski definition) is 1. The van der Waals surface area contributed by atoms with Gasteiger partial charge in [0.05, 0.1) is 0 Å². The molecule has 1 atom stereocenters. The summed E-state index contributed by atoms with van der Waals surface area (Å²) in [5.74, 6) is 2.88. The predicted octanol–water partition coefficient (Wildman–Crippen LogP) is 1.65. The predicted molar refractivity (Wildman–Crippen MR) is 51.6 cm³/mol. The average molecular weight is 230 g/mol. The fourth-order valence-corrected chi connectivity index (χ4v) is 1.52. The minimum Gasteiger partial charge on any atom is -0.343 e. The maximum atomic E-state index is 11.0. The van der Waals surface area contributed by atoms with E-state index < -0.39 is 0 Å². The molecule has 1 unspecified atom stereocenters. The largest absolute Gasteiger partial charge is 0.343 e. The molecule has 66 valence electrons. The summed E-state index contributed by atoms with van der Waals surface area (Å²) in [4.78, 5) is 13.4. The van der Waals surface area contributed by atoms with Gasteiger partial charge in [0.2, 0.25) is 0 Å². The van der Waals surface area contributed by atoms with Crippen LogP contribution in [0.4, 0.5) is 0 Å². The first-order valence-corrected chi connectivity index (χ1v) is 4.95. The summed E-state index contributed by atoms with van der Waals surface area (Å²) < 4.78 is 0. The van der Waals surface area contributed by atoms with Crippen molar-refractivity contribution in [3.05, 3.63) is 0 Å². The van der Waals surface area contributed by atoms with Crippen LogP contribution in [0.3, 0.4) is 0 Å². The van der Waals surface area contributed by atoms with Gasteiger partial charge in [-0.15, -0.1) is 0 Å². The normalized spacial score (nSPS) is 18.5. The van der Waals surface area contributed by atoms with E-state index in [2.05, 4.69) is 32.0 Å². The van der Waals surface area contributed by atoms with Gasteiger partial charge in [-0.3, -0.25) is 4.79 Å². The second kappa shape index (κ2) is 4.51. The van der Waals surface area contributed by atoms with Crippen LogP contribution in [-0.4, -0.2) is 11.9 Å². The fraction of sp³-hybridized carbons (Fsp3) is 0.667. The van der Waals surface area contributed by atoms with Gasteiger partial charge in [-0.2, -0.15) is 0 Å². The topological polar surface area (TPSA) is 29.1 Å². The molecule has 1 N–H and O–H groups in total. The van der Waals surface area contributed by atoms with Crippen molar-refractivity contribution in [1.82, 2.24) is 5.32 Å². The van der Waals surface area contributed by atoms with E-state index in [9.17, 15) is 4.79 Å². The highest BCUT2D eigenvalue weighted by Gasteiger charge is 2.24. The fourth-order valence-electron chi connectivity index (χ4n) is 1.34. The molecule has 0 radical (unpaired) electrons. The van der Waals surface area contributed by atoms with Crippen LogP contribution >= 0.6 is 15.9 Å². The first-order valence-electron chi connectivity index (χ1n) is 4.16. The molecule has 1 saturated carbocycles. The summed E-state index contributed by atoms with van der Waals surface area (Å²) in [5.41, 5.74) is 0. The van der Waals surface area contributed by atoms with Crippen LogP contribution < -0.4 is 5.32 Å². The molecule has 1 aliphatic carbocycles. The number of rotatable bonds is 2. The molecule has 0 heterocycles. The standard InChI is InChI=1S/C9H12BrNO/c1-7(8-3-2-4-8)11-9(12)5-6-10/h7-8H,2-4H2,1H3,(H,11,12). The lowest BCUT2D eigenvalue weighted by Crippen LogP contribution is -2.40. The van der Waals surface area contributed by atoms with Crippen LogP contribution in [0, 0.1) is 16.7 Å². The van der Waals surface area contributed by atoms with Crippen molar-refractivity contribution >= 4 is 21.8 Å². The monoisotopic (exact) mass is 229 g/mol. The molecule has 0 aromatic carbocycles. The maximum absolute atomic E-state index is 11.0. The van der Waals surface area contributed by atoms with E-state index in [0.29, 0.717) is 5.92 Å². The zero-order chi connectivity index (χ0) is 8.97. The van der Waals surface area contributed by atoms with Gasteiger partial charge in [-0.1, -0.05) is 6.42 Å². The number of amides is 1. The number of nitrogens with one attached hydrogen (secondary N) is 1.